The minimum atomic E-state index is -1.21. The molecule has 4 amide bonds. The van der Waals surface area contributed by atoms with Crippen molar-refractivity contribution in [3.63, 3.8) is 0 Å². The van der Waals surface area contributed by atoms with Crippen molar-refractivity contribution in [3.8, 4) is 0 Å². The first-order valence-electron chi connectivity index (χ1n) is 10.2. The molecule has 2 rings (SSSR count). The summed E-state index contributed by atoms with van der Waals surface area (Å²) in [5.74, 6) is 0.310. The fourth-order valence-corrected chi connectivity index (χ4v) is 3.37. The zero-order chi connectivity index (χ0) is 21.8. The number of imide groups is 1. The average molecular weight is 422 g/mol. The highest BCUT2D eigenvalue weighted by Gasteiger charge is 2.49. The molecule has 1 aliphatic heterocycles. The van der Waals surface area contributed by atoms with Crippen LogP contribution in [0.25, 0.3) is 0 Å². The van der Waals surface area contributed by atoms with E-state index in [2.05, 4.69) is 33.0 Å². The first-order chi connectivity index (χ1) is 13.5. The van der Waals surface area contributed by atoms with Crippen LogP contribution in [0, 0.1) is 11.8 Å². The zero-order valence-corrected chi connectivity index (χ0v) is 18.8. The second-order valence-corrected chi connectivity index (χ2v) is 9.14. The molecule has 160 valence electrons. The van der Waals surface area contributed by atoms with Gasteiger partial charge in [-0.2, -0.15) is 0 Å². The summed E-state index contributed by atoms with van der Waals surface area (Å²) in [6, 6.07) is 6.23. The van der Waals surface area contributed by atoms with Crippen molar-refractivity contribution in [2.75, 3.05) is 19.6 Å². The van der Waals surface area contributed by atoms with E-state index >= 15 is 0 Å². The first kappa shape index (κ1) is 23.2. The van der Waals surface area contributed by atoms with Gasteiger partial charge >= 0.3 is 6.03 Å². The number of nitrogens with one attached hydrogen (secondary N) is 1. The number of rotatable bonds is 9. The van der Waals surface area contributed by atoms with Crippen molar-refractivity contribution in [1.29, 1.82) is 0 Å². The van der Waals surface area contributed by atoms with Gasteiger partial charge in [0.1, 0.15) is 12.1 Å². The number of carbonyl (C=O) groups is 3. The van der Waals surface area contributed by atoms with E-state index in [1.54, 1.807) is 36.1 Å². The van der Waals surface area contributed by atoms with Gasteiger partial charge in [-0.3, -0.25) is 14.5 Å². The summed E-state index contributed by atoms with van der Waals surface area (Å²) < 4.78 is 0. The average Bonchev–Trinajstić information content (AvgIpc) is 2.85. The SMILES string of the molecule is CC(C)CCN(CCC(C)C)C(=O)CN1C(=O)NC(C)(c2ccc(Cl)cc2)C1=O. The van der Waals surface area contributed by atoms with Gasteiger partial charge in [0.25, 0.3) is 5.91 Å². The Morgan fingerprint density at radius 2 is 1.59 bits per heavy atom. The predicted octanol–water partition coefficient (Wildman–Crippen LogP) is 4.03. The Kier molecular flexibility index (Phi) is 7.69. The molecule has 0 bridgehead atoms. The van der Waals surface area contributed by atoms with Crippen LogP contribution in [0.1, 0.15) is 53.0 Å². The number of carbonyl (C=O) groups excluding carboxylic acids is 3. The van der Waals surface area contributed by atoms with Crippen LogP contribution in [0.15, 0.2) is 24.3 Å². The Balaban J connectivity index is 2.13. The fraction of sp³-hybridized carbons (Fsp3) is 0.591. The molecule has 29 heavy (non-hydrogen) atoms. The van der Waals surface area contributed by atoms with Gasteiger partial charge in [-0.1, -0.05) is 51.4 Å². The Hall–Kier alpha value is -2.08. The molecule has 1 saturated heterocycles. The number of urea groups is 1. The minimum absolute atomic E-state index is 0.199. The van der Waals surface area contributed by atoms with Crippen LogP contribution in [-0.2, 0) is 15.1 Å². The maximum atomic E-state index is 13.1. The quantitative estimate of drug-likeness (QED) is 0.612. The Labute approximate surface area is 178 Å². The van der Waals surface area contributed by atoms with E-state index in [1.807, 2.05) is 0 Å². The third-order valence-electron chi connectivity index (χ3n) is 5.30. The Morgan fingerprint density at radius 3 is 2.07 bits per heavy atom. The van der Waals surface area contributed by atoms with Crippen molar-refractivity contribution in [3.05, 3.63) is 34.9 Å². The van der Waals surface area contributed by atoms with E-state index in [0.717, 1.165) is 17.7 Å². The van der Waals surface area contributed by atoms with Crippen LogP contribution < -0.4 is 5.32 Å². The molecule has 7 heteroatoms. The Morgan fingerprint density at radius 1 is 1.07 bits per heavy atom. The van der Waals surface area contributed by atoms with E-state index in [-0.39, 0.29) is 12.5 Å². The fourth-order valence-electron chi connectivity index (χ4n) is 3.24. The standard InChI is InChI=1S/C22H32ClN3O3/c1-15(2)10-12-25(13-11-16(3)4)19(27)14-26-20(28)22(5,24-21(26)29)17-6-8-18(23)9-7-17/h6-9,15-16H,10-14H2,1-5H3,(H,24,29). The highest BCUT2D eigenvalue weighted by Crippen LogP contribution is 2.29. The van der Waals surface area contributed by atoms with Gasteiger partial charge in [-0.15, -0.1) is 0 Å². The summed E-state index contributed by atoms with van der Waals surface area (Å²) in [6.45, 7) is 11.1. The molecule has 1 aromatic rings. The smallest absolute Gasteiger partial charge is 0.325 e. The third kappa shape index (κ3) is 5.72. The van der Waals surface area contributed by atoms with Crippen molar-refractivity contribution >= 4 is 29.4 Å². The van der Waals surface area contributed by atoms with Gasteiger partial charge in [0, 0.05) is 18.1 Å². The molecule has 1 N–H and O–H groups in total. The molecule has 6 nitrogen and oxygen atoms in total. The normalized spacial score (nSPS) is 19.2. The lowest BCUT2D eigenvalue weighted by atomic mass is 9.92. The number of hydrogen-bond donors (Lipinski definition) is 1. The molecular weight excluding hydrogens is 390 g/mol. The monoisotopic (exact) mass is 421 g/mol. The van der Waals surface area contributed by atoms with Gasteiger partial charge in [-0.25, -0.2) is 4.79 Å². The summed E-state index contributed by atoms with van der Waals surface area (Å²) in [7, 11) is 0. The third-order valence-corrected chi connectivity index (χ3v) is 5.55. The minimum Gasteiger partial charge on any atom is -0.341 e. The van der Waals surface area contributed by atoms with E-state index in [9.17, 15) is 14.4 Å². The van der Waals surface area contributed by atoms with E-state index < -0.39 is 17.5 Å². The molecule has 0 saturated carbocycles. The van der Waals surface area contributed by atoms with Crippen LogP contribution in [0.3, 0.4) is 0 Å². The van der Waals surface area contributed by atoms with Crippen LogP contribution >= 0.6 is 11.6 Å². The Bertz CT molecular complexity index is 736. The summed E-state index contributed by atoms with van der Waals surface area (Å²) in [5, 5.41) is 3.28. The number of hydrogen-bond acceptors (Lipinski definition) is 3. The first-order valence-corrected chi connectivity index (χ1v) is 10.6. The van der Waals surface area contributed by atoms with Gasteiger partial charge in [0.05, 0.1) is 0 Å². The predicted molar refractivity (Wildman–Crippen MR) is 115 cm³/mol. The molecule has 1 unspecified atom stereocenters. The zero-order valence-electron chi connectivity index (χ0n) is 18.0. The highest BCUT2D eigenvalue weighted by atomic mass is 35.5. The molecule has 0 aliphatic carbocycles. The van der Waals surface area contributed by atoms with Crippen molar-refractivity contribution in [2.45, 2.75) is 53.0 Å². The van der Waals surface area contributed by atoms with Gasteiger partial charge in [0.2, 0.25) is 5.91 Å². The maximum absolute atomic E-state index is 13.1. The molecule has 1 heterocycles. The van der Waals surface area contributed by atoms with E-state index in [0.29, 0.717) is 35.5 Å². The summed E-state index contributed by atoms with van der Waals surface area (Å²) in [4.78, 5) is 41.3. The van der Waals surface area contributed by atoms with Crippen molar-refractivity contribution in [1.82, 2.24) is 15.1 Å². The lowest BCUT2D eigenvalue weighted by Crippen LogP contribution is -2.45. The molecule has 0 radical (unpaired) electrons. The number of nitrogens with zero attached hydrogens (tertiary/aromatic N) is 2. The lowest BCUT2D eigenvalue weighted by Gasteiger charge is -2.26. The van der Waals surface area contributed by atoms with E-state index in [4.69, 9.17) is 11.6 Å². The largest absolute Gasteiger partial charge is 0.341 e. The van der Waals surface area contributed by atoms with Gasteiger partial charge in [0.15, 0.2) is 0 Å². The second kappa shape index (κ2) is 9.61. The molecule has 0 aromatic heterocycles. The molecule has 0 spiro atoms. The van der Waals surface area contributed by atoms with Crippen molar-refractivity contribution in [2.24, 2.45) is 11.8 Å². The molecule has 1 aliphatic rings. The van der Waals surface area contributed by atoms with Crippen LogP contribution in [0.2, 0.25) is 5.02 Å². The van der Waals surface area contributed by atoms with E-state index in [1.165, 1.54) is 0 Å². The molecule has 1 atom stereocenters. The number of benzene rings is 1. The van der Waals surface area contributed by atoms with Crippen LogP contribution in [-0.4, -0.2) is 47.3 Å². The highest BCUT2D eigenvalue weighted by molar-refractivity contribution is 6.30. The molecular formula is C22H32ClN3O3. The van der Waals surface area contributed by atoms with Gasteiger partial charge < -0.3 is 10.2 Å². The summed E-state index contributed by atoms with van der Waals surface area (Å²) >= 11 is 5.93. The van der Waals surface area contributed by atoms with Crippen LogP contribution in [0.5, 0.6) is 0 Å². The second-order valence-electron chi connectivity index (χ2n) is 8.70. The summed E-state index contributed by atoms with van der Waals surface area (Å²) in [5.41, 5.74) is -0.575. The topological polar surface area (TPSA) is 69.7 Å². The molecule has 1 fully saturated rings. The summed E-state index contributed by atoms with van der Waals surface area (Å²) in [6.07, 6.45) is 1.76. The number of amides is 4. The van der Waals surface area contributed by atoms with Crippen LogP contribution in [0.4, 0.5) is 4.79 Å². The van der Waals surface area contributed by atoms with Crippen molar-refractivity contribution < 1.29 is 14.4 Å². The maximum Gasteiger partial charge on any atom is 0.325 e. The lowest BCUT2D eigenvalue weighted by molar-refractivity contribution is -0.139. The number of halogens is 1. The molecule has 1 aromatic carbocycles. The van der Waals surface area contributed by atoms with Gasteiger partial charge in [-0.05, 0) is 49.3 Å².